The maximum atomic E-state index is 8.57. The van der Waals surface area contributed by atoms with Crippen molar-refractivity contribution in [2.75, 3.05) is 6.61 Å². The van der Waals surface area contributed by atoms with Gasteiger partial charge in [-0.05, 0) is 35.4 Å². The zero-order chi connectivity index (χ0) is 12.6. The van der Waals surface area contributed by atoms with E-state index in [0.29, 0.717) is 13.0 Å². The molecular weight excluding hydrogens is 224 g/mol. The fourth-order valence-corrected chi connectivity index (χ4v) is 1.63. The van der Waals surface area contributed by atoms with E-state index in [-0.39, 0.29) is 0 Å². The smallest absolute Gasteiger partial charge is 0.119 e. The molecule has 3 heteroatoms. The van der Waals surface area contributed by atoms with Gasteiger partial charge in [-0.1, -0.05) is 12.1 Å². The van der Waals surface area contributed by atoms with Gasteiger partial charge in [0.25, 0.3) is 0 Å². The molecule has 0 aliphatic heterocycles. The monoisotopic (exact) mass is 238 g/mol. The van der Waals surface area contributed by atoms with Crippen molar-refractivity contribution in [2.24, 2.45) is 0 Å². The van der Waals surface area contributed by atoms with Crippen LogP contribution in [0.25, 0.3) is 0 Å². The number of hydrogen-bond acceptors (Lipinski definition) is 3. The largest absolute Gasteiger partial charge is 0.493 e. The van der Waals surface area contributed by atoms with Gasteiger partial charge in [0.15, 0.2) is 0 Å². The normalized spacial score (nSPS) is 9.72. The lowest BCUT2D eigenvalue weighted by Gasteiger charge is -2.06. The van der Waals surface area contributed by atoms with Crippen molar-refractivity contribution in [3.8, 4) is 11.8 Å². The highest BCUT2D eigenvalue weighted by molar-refractivity contribution is 5.28. The molecule has 3 nitrogen and oxygen atoms in total. The molecule has 1 aromatic carbocycles. The lowest BCUT2D eigenvalue weighted by Crippen LogP contribution is -2.01. The minimum Gasteiger partial charge on any atom is -0.493 e. The molecule has 0 unspecified atom stereocenters. The quantitative estimate of drug-likeness (QED) is 0.804. The topological polar surface area (TPSA) is 45.9 Å². The zero-order valence-corrected chi connectivity index (χ0v) is 10.0. The standard InChI is InChI=1S/C15H14N2O/c16-9-5-13-1-3-15(4-2-13)18-12-8-14-6-10-17-11-7-14/h1-4,6-7,10-11H,5,8,12H2. The molecule has 0 saturated heterocycles. The first-order valence-corrected chi connectivity index (χ1v) is 5.86. The first-order chi connectivity index (χ1) is 8.88. The first kappa shape index (κ1) is 12.1. The molecule has 1 heterocycles. The van der Waals surface area contributed by atoms with Gasteiger partial charge in [0, 0.05) is 18.8 Å². The molecule has 2 rings (SSSR count). The summed E-state index contributed by atoms with van der Waals surface area (Å²) in [4.78, 5) is 3.97. The summed E-state index contributed by atoms with van der Waals surface area (Å²) in [6, 6.07) is 13.7. The van der Waals surface area contributed by atoms with Gasteiger partial charge in [-0.3, -0.25) is 4.98 Å². The number of nitrogens with zero attached hydrogens (tertiary/aromatic N) is 2. The van der Waals surface area contributed by atoms with Gasteiger partial charge in [-0.15, -0.1) is 0 Å². The second-order valence-corrected chi connectivity index (χ2v) is 3.93. The number of hydrogen-bond donors (Lipinski definition) is 0. The average Bonchev–Trinajstić information content (AvgIpc) is 2.42. The van der Waals surface area contributed by atoms with E-state index in [9.17, 15) is 0 Å². The Balaban J connectivity index is 1.82. The molecule has 0 aliphatic carbocycles. The Morgan fingerprint density at radius 2 is 1.72 bits per heavy atom. The number of nitriles is 1. The van der Waals surface area contributed by atoms with Crippen molar-refractivity contribution in [1.82, 2.24) is 4.98 Å². The molecule has 18 heavy (non-hydrogen) atoms. The fourth-order valence-electron chi connectivity index (χ4n) is 1.63. The SMILES string of the molecule is N#CCc1ccc(OCCc2ccncc2)cc1. The van der Waals surface area contributed by atoms with E-state index in [1.54, 1.807) is 12.4 Å². The minimum atomic E-state index is 0.442. The van der Waals surface area contributed by atoms with Gasteiger partial charge >= 0.3 is 0 Å². The van der Waals surface area contributed by atoms with Gasteiger partial charge < -0.3 is 4.74 Å². The maximum Gasteiger partial charge on any atom is 0.119 e. The molecule has 0 aliphatic rings. The van der Waals surface area contributed by atoms with E-state index < -0.39 is 0 Å². The van der Waals surface area contributed by atoms with E-state index >= 15 is 0 Å². The number of aromatic nitrogens is 1. The predicted octanol–water partition coefficient (Wildman–Crippen LogP) is 2.77. The highest BCUT2D eigenvalue weighted by atomic mass is 16.5. The number of pyridine rings is 1. The van der Waals surface area contributed by atoms with Gasteiger partial charge in [0.05, 0.1) is 19.1 Å². The number of rotatable bonds is 5. The molecule has 90 valence electrons. The molecule has 0 N–H and O–H groups in total. The summed E-state index contributed by atoms with van der Waals surface area (Å²) in [5.74, 6) is 0.839. The second kappa shape index (κ2) is 6.41. The van der Waals surface area contributed by atoms with E-state index in [1.807, 2.05) is 36.4 Å². The third kappa shape index (κ3) is 3.60. The van der Waals surface area contributed by atoms with Crippen LogP contribution in [0.5, 0.6) is 5.75 Å². The Morgan fingerprint density at radius 3 is 2.39 bits per heavy atom. The summed E-state index contributed by atoms with van der Waals surface area (Å²) >= 11 is 0. The van der Waals surface area contributed by atoms with Crippen molar-refractivity contribution in [3.05, 3.63) is 59.9 Å². The molecule has 0 radical (unpaired) electrons. The maximum absolute atomic E-state index is 8.57. The van der Waals surface area contributed by atoms with Crippen molar-refractivity contribution in [3.63, 3.8) is 0 Å². The van der Waals surface area contributed by atoms with Crippen molar-refractivity contribution < 1.29 is 4.74 Å². The summed E-state index contributed by atoms with van der Waals surface area (Å²) < 4.78 is 5.64. The molecular formula is C15H14N2O. The minimum absolute atomic E-state index is 0.442. The van der Waals surface area contributed by atoms with Crippen molar-refractivity contribution in [1.29, 1.82) is 5.26 Å². The van der Waals surface area contributed by atoms with E-state index in [1.165, 1.54) is 5.56 Å². The summed E-state index contributed by atoms with van der Waals surface area (Å²) in [5, 5.41) is 8.57. The fraction of sp³-hybridized carbons (Fsp3) is 0.200. The van der Waals surface area contributed by atoms with Crippen LogP contribution in [-0.4, -0.2) is 11.6 Å². The van der Waals surface area contributed by atoms with Crippen LogP contribution in [0.4, 0.5) is 0 Å². The first-order valence-electron chi connectivity index (χ1n) is 5.86. The number of ether oxygens (including phenoxy) is 1. The lowest BCUT2D eigenvalue weighted by atomic mass is 10.1. The molecule has 0 bridgehead atoms. The molecule has 0 saturated carbocycles. The van der Waals surface area contributed by atoms with Gasteiger partial charge in [-0.2, -0.15) is 5.26 Å². The zero-order valence-electron chi connectivity index (χ0n) is 10.0. The Kier molecular flexibility index (Phi) is 4.32. The van der Waals surface area contributed by atoms with Crippen LogP contribution in [0, 0.1) is 11.3 Å². The van der Waals surface area contributed by atoms with E-state index in [4.69, 9.17) is 10.00 Å². The van der Waals surface area contributed by atoms with E-state index in [0.717, 1.165) is 17.7 Å². The summed E-state index contributed by atoms with van der Waals surface area (Å²) in [5.41, 5.74) is 2.23. The van der Waals surface area contributed by atoms with Crippen LogP contribution >= 0.6 is 0 Å². The Bertz CT molecular complexity index is 514. The molecule has 1 aromatic heterocycles. The van der Waals surface area contributed by atoms with Crippen LogP contribution in [0.15, 0.2) is 48.8 Å². The molecule has 0 atom stereocenters. The van der Waals surface area contributed by atoms with Gasteiger partial charge in [0.1, 0.15) is 5.75 Å². The summed E-state index contributed by atoms with van der Waals surface area (Å²) in [6.07, 6.45) is 4.87. The van der Waals surface area contributed by atoms with Crippen LogP contribution in [0.1, 0.15) is 11.1 Å². The molecule has 0 fully saturated rings. The molecule has 0 spiro atoms. The average molecular weight is 238 g/mol. The van der Waals surface area contributed by atoms with Crippen LogP contribution in [0.2, 0.25) is 0 Å². The van der Waals surface area contributed by atoms with Crippen LogP contribution in [-0.2, 0) is 12.8 Å². The van der Waals surface area contributed by atoms with Crippen LogP contribution in [0.3, 0.4) is 0 Å². The van der Waals surface area contributed by atoms with Gasteiger partial charge in [-0.25, -0.2) is 0 Å². The van der Waals surface area contributed by atoms with Crippen molar-refractivity contribution in [2.45, 2.75) is 12.8 Å². The highest BCUT2D eigenvalue weighted by Crippen LogP contribution is 2.12. The van der Waals surface area contributed by atoms with Gasteiger partial charge in [0.2, 0.25) is 0 Å². The third-order valence-corrected chi connectivity index (χ3v) is 2.62. The Labute approximate surface area is 107 Å². The predicted molar refractivity (Wildman–Crippen MR) is 69.2 cm³/mol. The third-order valence-electron chi connectivity index (χ3n) is 2.62. The van der Waals surface area contributed by atoms with Crippen LogP contribution < -0.4 is 4.74 Å². The Morgan fingerprint density at radius 1 is 1.00 bits per heavy atom. The number of benzene rings is 1. The summed E-state index contributed by atoms with van der Waals surface area (Å²) in [7, 11) is 0. The molecule has 2 aromatic rings. The van der Waals surface area contributed by atoms with E-state index in [2.05, 4.69) is 11.1 Å². The second-order valence-electron chi connectivity index (χ2n) is 3.93. The molecule has 0 amide bonds. The summed E-state index contributed by atoms with van der Waals surface area (Å²) in [6.45, 7) is 0.640. The lowest BCUT2D eigenvalue weighted by molar-refractivity contribution is 0.322. The highest BCUT2D eigenvalue weighted by Gasteiger charge is 1.96. The van der Waals surface area contributed by atoms with Crippen molar-refractivity contribution >= 4 is 0 Å². The Hall–Kier alpha value is -2.34.